The molecule has 0 aliphatic heterocycles. The second-order valence-corrected chi connectivity index (χ2v) is 10.4. The predicted octanol–water partition coefficient (Wildman–Crippen LogP) is 0.973. The number of rotatable bonds is 1. The van der Waals surface area contributed by atoms with Crippen LogP contribution in [0, 0.1) is 0 Å². The molecular formula is C6H10OSn. The van der Waals surface area contributed by atoms with Gasteiger partial charge < -0.3 is 0 Å². The molecule has 0 aliphatic rings. The molecule has 0 fully saturated rings. The van der Waals surface area contributed by atoms with Crippen LogP contribution in [0.3, 0.4) is 0 Å². The fourth-order valence-corrected chi connectivity index (χ4v) is 3.04. The minimum absolute atomic E-state index is 1.24. The van der Waals surface area contributed by atoms with Gasteiger partial charge in [-0.2, -0.15) is 0 Å². The van der Waals surface area contributed by atoms with E-state index in [0.717, 1.165) is 0 Å². The van der Waals surface area contributed by atoms with Crippen molar-refractivity contribution in [2.75, 3.05) is 0 Å². The average Bonchev–Trinajstić information content (AvgIpc) is 2.12. The van der Waals surface area contributed by atoms with Crippen LogP contribution in [0.4, 0.5) is 0 Å². The van der Waals surface area contributed by atoms with Crippen molar-refractivity contribution >= 4 is 23.5 Å². The number of hydrogen-bond acceptors (Lipinski definition) is 1. The summed E-state index contributed by atoms with van der Waals surface area (Å²) in [6, 6.07) is 4.05. The molecule has 0 saturated carbocycles. The van der Waals surface area contributed by atoms with Gasteiger partial charge in [0.15, 0.2) is 0 Å². The van der Waals surface area contributed by atoms with Crippen molar-refractivity contribution in [2.45, 2.75) is 9.88 Å². The molecule has 1 aromatic rings. The van der Waals surface area contributed by atoms with Crippen molar-refractivity contribution < 1.29 is 4.42 Å². The van der Waals surface area contributed by atoms with Gasteiger partial charge in [0, 0.05) is 0 Å². The number of hydrogen-bond donors (Lipinski definition) is 0. The summed E-state index contributed by atoms with van der Waals surface area (Å²) in [4.78, 5) is 4.64. The van der Waals surface area contributed by atoms with Crippen LogP contribution in [0.2, 0.25) is 9.88 Å². The standard InChI is InChI=1S/C4H3O.2CH3.Sn.H/c1-2-4-5-3-1;;;;/h1-3H;2*1H3;;. The Bertz CT molecular complexity index is 144. The van der Waals surface area contributed by atoms with Crippen LogP contribution in [0.15, 0.2) is 22.8 Å². The molecule has 8 heavy (non-hydrogen) atoms. The third-order valence-electron chi connectivity index (χ3n) is 1.11. The van der Waals surface area contributed by atoms with Gasteiger partial charge in [-0.25, -0.2) is 0 Å². The molecule has 0 bridgehead atoms. The topological polar surface area (TPSA) is 13.1 Å². The van der Waals surface area contributed by atoms with Crippen molar-refractivity contribution in [3.63, 3.8) is 0 Å². The summed E-state index contributed by atoms with van der Waals surface area (Å²) in [6.45, 7) is 0. The molecule has 0 N–H and O–H groups in total. The van der Waals surface area contributed by atoms with E-state index in [1.165, 1.54) is 3.78 Å². The van der Waals surface area contributed by atoms with Crippen molar-refractivity contribution in [1.29, 1.82) is 0 Å². The van der Waals surface area contributed by atoms with Crippen LogP contribution in [0.25, 0.3) is 0 Å². The second-order valence-electron chi connectivity index (χ2n) is 2.17. The van der Waals surface area contributed by atoms with E-state index in [9.17, 15) is 0 Å². The first-order valence-corrected chi connectivity index (χ1v) is 11.1. The van der Waals surface area contributed by atoms with Gasteiger partial charge in [-0.15, -0.1) is 0 Å². The fraction of sp³-hybridized carbons (Fsp3) is 0.333. The van der Waals surface area contributed by atoms with Crippen LogP contribution < -0.4 is 3.78 Å². The maximum absolute atomic E-state index is 5.19. The molecule has 44 valence electrons. The zero-order valence-electron chi connectivity index (χ0n) is 5.22. The van der Waals surface area contributed by atoms with Crippen LogP contribution >= 0.6 is 0 Å². The third kappa shape index (κ3) is 1.28. The van der Waals surface area contributed by atoms with Gasteiger partial charge in [0.25, 0.3) is 0 Å². The molecule has 0 unspecified atom stereocenters. The van der Waals surface area contributed by atoms with Gasteiger partial charge in [0.1, 0.15) is 0 Å². The first-order chi connectivity index (χ1) is 3.80. The van der Waals surface area contributed by atoms with Crippen molar-refractivity contribution in [3.8, 4) is 0 Å². The Balaban J connectivity index is 2.77. The molecular weight excluding hydrogens is 207 g/mol. The zero-order chi connectivity index (χ0) is 5.98. The summed E-state index contributed by atoms with van der Waals surface area (Å²) in [6.07, 6.45) is 1.76. The zero-order valence-corrected chi connectivity index (χ0v) is 8.51. The van der Waals surface area contributed by atoms with E-state index < -0.39 is 19.8 Å². The Kier molecular flexibility index (Phi) is 2.00. The van der Waals surface area contributed by atoms with Crippen LogP contribution in [0.1, 0.15) is 0 Å². The molecule has 0 aliphatic carbocycles. The molecule has 1 heterocycles. The molecule has 0 aromatic carbocycles. The van der Waals surface area contributed by atoms with Gasteiger partial charge in [-0.05, 0) is 0 Å². The summed E-state index contributed by atoms with van der Waals surface area (Å²) in [5.74, 6) is 0. The third-order valence-corrected chi connectivity index (χ3v) is 5.30. The summed E-state index contributed by atoms with van der Waals surface area (Å²) in [5.41, 5.74) is 0. The molecule has 0 saturated heterocycles. The second kappa shape index (κ2) is 2.57. The molecule has 2 heteroatoms. The summed E-state index contributed by atoms with van der Waals surface area (Å²) >= 11 is -1.24. The molecule has 0 radical (unpaired) electrons. The first kappa shape index (κ1) is 6.20. The van der Waals surface area contributed by atoms with Gasteiger partial charge in [0.05, 0.1) is 0 Å². The Morgan fingerprint density at radius 3 is 2.50 bits per heavy atom. The van der Waals surface area contributed by atoms with Crippen LogP contribution in [0.5, 0.6) is 0 Å². The summed E-state index contributed by atoms with van der Waals surface area (Å²) in [7, 11) is 0. The molecule has 0 atom stereocenters. The van der Waals surface area contributed by atoms with E-state index >= 15 is 0 Å². The maximum atomic E-state index is 5.19. The van der Waals surface area contributed by atoms with Crippen LogP contribution in [-0.4, -0.2) is 19.8 Å². The van der Waals surface area contributed by atoms with Crippen LogP contribution in [-0.2, 0) is 0 Å². The summed E-state index contributed by atoms with van der Waals surface area (Å²) in [5, 5.41) is 0. The fourth-order valence-electron chi connectivity index (χ4n) is 0.620. The Morgan fingerprint density at radius 2 is 2.25 bits per heavy atom. The van der Waals surface area contributed by atoms with Crippen molar-refractivity contribution in [1.82, 2.24) is 0 Å². The Hall–Kier alpha value is 0.0787. The minimum atomic E-state index is -1.24. The predicted molar refractivity (Wildman–Crippen MR) is 37.2 cm³/mol. The van der Waals surface area contributed by atoms with Gasteiger partial charge in [-0.1, -0.05) is 0 Å². The normalized spacial score (nSPS) is 10.4. The number of furan rings is 1. The van der Waals surface area contributed by atoms with E-state index in [2.05, 4.69) is 15.9 Å². The molecule has 1 nitrogen and oxygen atoms in total. The van der Waals surface area contributed by atoms with Gasteiger partial charge in [0.2, 0.25) is 0 Å². The molecule has 0 amide bonds. The van der Waals surface area contributed by atoms with E-state index in [1.54, 1.807) is 6.26 Å². The SMILES string of the molecule is [CH3][SnH]([CH3])[c]1ccco1. The summed E-state index contributed by atoms with van der Waals surface area (Å²) < 4.78 is 6.46. The Morgan fingerprint density at radius 1 is 1.50 bits per heavy atom. The average molecular weight is 217 g/mol. The molecule has 0 spiro atoms. The van der Waals surface area contributed by atoms with E-state index in [1.807, 2.05) is 6.07 Å². The van der Waals surface area contributed by atoms with Gasteiger partial charge in [-0.3, -0.25) is 0 Å². The van der Waals surface area contributed by atoms with Crippen molar-refractivity contribution in [2.24, 2.45) is 0 Å². The monoisotopic (exact) mass is 218 g/mol. The molecule has 1 rings (SSSR count). The first-order valence-electron chi connectivity index (χ1n) is 2.84. The Labute approximate surface area is 56.4 Å². The quantitative estimate of drug-likeness (QED) is 0.638. The van der Waals surface area contributed by atoms with E-state index in [0.29, 0.717) is 0 Å². The molecule has 1 aromatic heterocycles. The van der Waals surface area contributed by atoms with E-state index in [4.69, 9.17) is 4.42 Å². The van der Waals surface area contributed by atoms with E-state index in [-0.39, 0.29) is 0 Å². The van der Waals surface area contributed by atoms with Crippen molar-refractivity contribution in [3.05, 3.63) is 18.4 Å². The van der Waals surface area contributed by atoms with Gasteiger partial charge >= 0.3 is 56.2 Å².